The fraction of sp³-hybridized carbons (Fsp3) is 0.148. The third-order valence-corrected chi connectivity index (χ3v) is 6.53. The molecule has 0 radical (unpaired) electrons. The van der Waals surface area contributed by atoms with Crippen molar-refractivity contribution in [3.63, 3.8) is 0 Å². The second kappa shape index (κ2) is 10.5. The molecule has 0 aliphatic heterocycles. The lowest BCUT2D eigenvalue weighted by atomic mass is 9.91. The molecule has 202 valence electrons. The molecule has 2 N–H and O–H groups in total. The maximum Gasteiger partial charge on any atom is 0.416 e. The molecule has 1 atom stereocenters. The zero-order valence-corrected chi connectivity index (χ0v) is 21.2. The van der Waals surface area contributed by atoms with Crippen molar-refractivity contribution in [2.24, 2.45) is 7.05 Å². The van der Waals surface area contributed by atoms with Gasteiger partial charge in [-0.3, -0.25) is 14.3 Å². The van der Waals surface area contributed by atoms with Crippen LogP contribution in [0.3, 0.4) is 0 Å². The van der Waals surface area contributed by atoms with Crippen LogP contribution in [-0.4, -0.2) is 22.1 Å². The van der Waals surface area contributed by atoms with Gasteiger partial charge in [-0.2, -0.15) is 18.3 Å². The van der Waals surface area contributed by atoms with Gasteiger partial charge in [0.15, 0.2) is 0 Å². The lowest BCUT2D eigenvalue weighted by Gasteiger charge is -2.24. The van der Waals surface area contributed by atoms with E-state index >= 15 is 0 Å². The van der Waals surface area contributed by atoms with Crippen molar-refractivity contribution in [3.05, 3.63) is 99.2 Å². The van der Waals surface area contributed by atoms with Gasteiger partial charge >= 0.3 is 6.18 Å². The van der Waals surface area contributed by atoms with Crippen molar-refractivity contribution in [1.29, 1.82) is 0 Å². The van der Waals surface area contributed by atoms with Gasteiger partial charge in [-0.25, -0.2) is 8.78 Å². The first-order chi connectivity index (χ1) is 18.3. The Morgan fingerprint density at radius 1 is 1.13 bits per heavy atom. The molecule has 0 spiro atoms. The lowest BCUT2D eigenvalue weighted by Crippen LogP contribution is -2.25. The van der Waals surface area contributed by atoms with Crippen LogP contribution in [-0.2, 0) is 18.0 Å². The van der Waals surface area contributed by atoms with Crippen LogP contribution in [0, 0.1) is 18.6 Å². The molecule has 1 heterocycles. The number of anilines is 1. The molecular formula is C27H20ClF5N4O2. The van der Waals surface area contributed by atoms with E-state index in [0.717, 1.165) is 12.1 Å². The number of carbonyl (C=O) groups excluding carboxylic acids is 2. The zero-order chi connectivity index (χ0) is 28.6. The van der Waals surface area contributed by atoms with Gasteiger partial charge in [0.2, 0.25) is 6.41 Å². The van der Waals surface area contributed by atoms with Crippen molar-refractivity contribution in [2.75, 3.05) is 5.32 Å². The van der Waals surface area contributed by atoms with Crippen LogP contribution < -0.4 is 10.6 Å². The minimum atomic E-state index is -4.89. The quantitative estimate of drug-likeness (QED) is 0.198. The van der Waals surface area contributed by atoms with Crippen molar-refractivity contribution in [1.82, 2.24) is 15.1 Å². The molecule has 0 aliphatic rings. The number of hydrogen-bond donors (Lipinski definition) is 2. The summed E-state index contributed by atoms with van der Waals surface area (Å²) in [6, 6.07) is 5.37. The van der Waals surface area contributed by atoms with Crippen LogP contribution >= 0.6 is 11.6 Å². The first kappa shape index (κ1) is 27.8. The number of fused-ring (bicyclic) bond motifs is 1. The van der Waals surface area contributed by atoms with Crippen molar-refractivity contribution in [3.8, 4) is 0 Å². The number of amides is 2. The Morgan fingerprint density at radius 2 is 1.85 bits per heavy atom. The lowest BCUT2D eigenvalue weighted by molar-refractivity contribution is -0.137. The summed E-state index contributed by atoms with van der Waals surface area (Å²) < 4.78 is 69.6. The number of alkyl halides is 3. The van der Waals surface area contributed by atoms with Crippen LogP contribution in [0.25, 0.3) is 17.0 Å². The van der Waals surface area contributed by atoms with E-state index in [2.05, 4.69) is 22.3 Å². The Kier molecular flexibility index (Phi) is 7.47. The molecule has 1 aromatic heterocycles. The molecule has 0 bridgehead atoms. The number of aromatic nitrogens is 2. The molecule has 1 unspecified atom stereocenters. The van der Waals surface area contributed by atoms with Crippen molar-refractivity contribution < 1.29 is 31.5 Å². The predicted molar refractivity (Wildman–Crippen MR) is 137 cm³/mol. The fourth-order valence-electron chi connectivity index (χ4n) is 4.45. The van der Waals surface area contributed by atoms with Gasteiger partial charge in [-0.05, 0) is 61.0 Å². The number of benzene rings is 3. The SMILES string of the molecule is C=Cc1c2cc(NC(=O)c3cc(F)cc(C(F)(F)F)c3)c(C(NC=O)c3cc(F)ccc3Cl)c(C)c2nn1C. The molecular weight excluding hydrogens is 543 g/mol. The molecule has 6 nitrogen and oxygen atoms in total. The number of aryl methyl sites for hydroxylation is 2. The summed E-state index contributed by atoms with van der Waals surface area (Å²) >= 11 is 6.34. The molecule has 4 aromatic rings. The highest BCUT2D eigenvalue weighted by molar-refractivity contribution is 6.31. The monoisotopic (exact) mass is 562 g/mol. The third-order valence-electron chi connectivity index (χ3n) is 6.19. The van der Waals surface area contributed by atoms with E-state index in [9.17, 15) is 31.5 Å². The van der Waals surface area contributed by atoms with Gasteiger partial charge in [0, 0.05) is 39.8 Å². The Labute approximate surface area is 224 Å². The van der Waals surface area contributed by atoms with Crippen LogP contribution in [0.1, 0.15) is 44.3 Å². The molecule has 0 saturated heterocycles. The van der Waals surface area contributed by atoms with E-state index in [0.29, 0.717) is 40.7 Å². The normalized spacial score (nSPS) is 12.3. The second-order valence-electron chi connectivity index (χ2n) is 8.64. The molecule has 39 heavy (non-hydrogen) atoms. The predicted octanol–water partition coefficient (Wildman–Crippen LogP) is 6.56. The van der Waals surface area contributed by atoms with Crippen LogP contribution in [0.4, 0.5) is 27.6 Å². The second-order valence-corrected chi connectivity index (χ2v) is 9.04. The van der Waals surface area contributed by atoms with Gasteiger partial charge in [0.05, 0.1) is 22.8 Å². The van der Waals surface area contributed by atoms with E-state index in [1.54, 1.807) is 14.0 Å². The molecule has 12 heteroatoms. The molecule has 3 aromatic carbocycles. The summed E-state index contributed by atoms with van der Waals surface area (Å²) in [5, 5.41) is 10.2. The summed E-state index contributed by atoms with van der Waals surface area (Å²) in [7, 11) is 1.66. The van der Waals surface area contributed by atoms with Gasteiger partial charge < -0.3 is 10.6 Å². The summed E-state index contributed by atoms with van der Waals surface area (Å²) in [5.74, 6) is -2.96. The van der Waals surface area contributed by atoms with E-state index in [1.807, 2.05) is 0 Å². The summed E-state index contributed by atoms with van der Waals surface area (Å²) in [4.78, 5) is 24.8. The summed E-state index contributed by atoms with van der Waals surface area (Å²) in [6.07, 6.45) is -3.01. The largest absolute Gasteiger partial charge is 0.416 e. The Bertz CT molecular complexity index is 1630. The minimum absolute atomic E-state index is 0.0404. The molecule has 0 aliphatic carbocycles. The van der Waals surface area contributed by atoms with E-state index in [-0.39, 0.29) is 27.9 Å². The minimum Gasteiger partial charge on any atom is -0.348 e. The van der Waals surface area contributed by atoms with E-state index in [4.69, 9.17) is 11.6 Å². The first-order valence-corrected chi connectivity index (χ1v) is 11.7. The number of halogens is 6. The van der Waals surface area contributed by atoms with Crippen molar-refractivity contribution >= 4 is 46.6 Å². The van der Waals surface area contributed by atoms with Crippen LogP contribution in [0.15, 0.2) is 49.0 Å². The fourth-order valence-corrected chi connectivity index (χ4v) is 4.68. The molecule has 0 saturated carbocycles. The Morgan fingerprint density at radius 3 is 2.49 bits per heavy atom. The standard InChI is InChI=1S/C27H20ClF5N4O2/c1-4-22-19-11-21(35-26(39)14-7-15(27(31,32)33)9-17(30)8-14)23(13(2)24(19)36-37(22)3)25(34-12-38)18-10-16(29)5-6-20(18)28/h4-12,25H,1H2,2-3H3,(H,34,38)(H,35,39). The zero-order valence-electron chi connectivity index (χ0n) is 20.5. The number of hydrogen-bond acceptors (Lipinski definition) is 3. The third kappa shape index (κ3) is 5.35. The van der Waals surface area contributed by atoms with Crippen LogP contribution in [0.2, 0.25) is 5.02 Å². The van der Waals surface area contributed by atoms with E-state index in [1.165, 1.54) is 22.9 Å². The molecule has 2 amide bonds. The molecule has 0 fully saturated rings. The highest BCUT2D eigenvalue weighted by Gasteiger charge is 2.32. The molecule has 4 rings (SSSR count). The van der Waals surface area contributed by atoms with Gasteiger partial charge in [-0.15, -0.1) is 0 Å². The Hall–Kier alpha value is -4.25. The number of rotatable bonds is 7. The Balaban J connectivity index is 1.97. The average molecular weight is 563 g/mol. The van der Waals surface area contributed by atoms with Gasteiger partial charge in [0.1, 0.15) is 11.6 Å². The van der Waals surface area contributed by atoms with Gasteiger partial charge in [0.25, 0.3) is 5.91 Å². The maximum absolute atomic E-state index is 14.2. The first-order valence-electron chi connectivity index (χ1n) is 11.3. The smallest absolute Gasteiger partial charge is 0.348 e. The highest BCUT2D eigenvalue weighted by atomic mass is 35.5. The number of nitrogens with one attached hydrogen (secondary N) is 2. The highest BCUT2D eigenvalue weighted by Crippen LogP contribution is 2.39. The summed E-state index contributed by atoms with van der Waals surface area (Å²) in [6.45, 7) is 5.41. The van der Waals surface area contributed by atoms with Crippen LogP contribution in [0.5, 0.6) is 0 Å². The number of nitrogens with zero attached hydrogens (tertiary/aromatic N) is 2. The number of carbonyl (C=O) groups is 2. The average Bonchev–Trinajstić information content (AvgIpc) is 3.19. The van der Waals surface area contributed by atoms with Crippen molar-refractivity contribution in [2.45, 2.75) is 19.1 Å². The van der Waals surface area contributed by atoms with Gasteiger partial charge in [-0.1, -0.05) is 18.2 Å². The van der Waals surface area contributed by atoms with E-state index < -0.39 is 40.9 Å². The topological polar surface area (TPSA) is 76.0 Å². The maximum atomic E-state index is 14.2. The summed E-state index contributed by atoms with van der Waals surface area (Å²) in [5.41, 5.74) is -0.0550.